The fourth-order valence-electron chi connectivity index (χ4n) is 3.08. The van der Waals surface area contributed by atoms with Gasteiger partial charge in [-0.05, 0) is 56.8 Å². The van der Waals surface area contributed by atoms with E-state index in [-0.39, 0.29) is 5.54 Å². The molecule has 1 heterocycles. The normalized spacial score (nSPS) is 21.9. The van der Waals surface area contributed by atoms with Crippen LogP contribution in [0.3, 0.4) is 0 Å². The Morgan fingerprint density at radius 3 is 2.36 bits per heavy atom. The Balaban J connectivity index is 1.93. The molecule has 0 aromatic rings. The first-order valence-corrected chi connectivity index (χ1v) is 9.03. The lowest BCUT2D eigenvalue weighted by atomic mass is 9.92. The zero-order valence-electron chi connectivity index (χ0n) is 15.9. The maximum Gasteiger partial charge on any atom is 0.100 e. The second-order valence-electron chi connectivity index (χ2n) is 7.48. The van der Waals surface area contributed by atoms with Gasteiger partial charge in [0.05, 0.1) is 0 Å². The molecule has 0 unspecified atom stereocenters. The van der Waals surface area contributed by atoms with Crippen LogP contribution in [0.2, 0.25) is 0 Å². The van der Waals surface area contributed by atoms with Crippen molar-refractivity contribution in [2.24, 2.45) is 22.4 Å². The summed E-state index contributed by atoms with van der Waals surface area (Å²) in [5.41, 5.74) is 16.3. The topological polar surface area (TPSA) is 79.7 Å². The van der Waals surface area contributed by atoms with Crippen molar-refractivity contribution >= 4 is 6.21 Å². The van der Waals surface area contributed by atoms with Gasteiger partial charge in [0.15, 0.2) is 0 Å². The molecule has 0 aromatic carbocycles. The van der Waals surface area contributed by atoms with E-state index in [1.165, 1.54) is 12.8 Å². The maximum atomic E-state index is 6.23. The van der Waals surface area contributed by atoms with Gasteiger partial charge in [-0.3, -0.25) is 4.99 Å². The van der Waals surface area contributed by atoms with Crippen molar-refractivity contribution in [3.63, 3.8) is 0 Å². The minimum absolute atomic E-state index is 0.164. The molecule has 2 fully saturated rings. The van der Waals surface area contributed by atoms with Crippen LogP contribution >= 0.6 is 0 Å². The lowest BCUT2D eigenvalue weighted by molar-refractivity contribution is 0.249. The van der Waals surface area contributed by atoms with Gasteiger partial charge in [-0.25, -0.2) is 0 Å². The zero-order valence-corrected chi connectivity index (χ0v) is 15.9. The van der Waals surface area contributed by atoms with Gasteiger partial charge in [-0.15, -0.1) is 0 Å². The van der Waals surface area contributed by atoms with Gasteiger partial charge in [0, 0.05) is 49.2 Å². The van der Waals surface area contributed by atoms with Crippen molar-refractivity contribution in [1.29, 1.82) is 0 Å². The van der Waals surface area contributed by atoms with Crippen molar-refractivity contribution in [3.05, 3.63) is 47.6 Å². The Morgan fingerprint density at radius 1 is 1.24 bits per heavy atom. The fourth-order valence-corrected chi connectivity index (χ4v) is 3.08. The van der Waals surface area contributed by atoms with E-state index in [4.69, 9.17) is 11.5 Å². The minimum Gasteiger partial charge on any atom is -0.402 e. The Labute approximate surface area is 152 Å². The summed E-state index contributed by atoms with van der Waals surface area (Å²) in [5, 5.41) is 3.41. The van der Waals surface area contributed by atoms with Crippen LogP contribution in [0.1, 0.15) is 39.5 Å². The summed E-state index contributed by atoms with van der Waals surface area (Å²) in [6.07, 6.45) is 8.03. The standard InChI is InChI=1S/C20H33N5/c1-14(15(2)19(22)24-20(4)9-10-20)16(3)25-12-7-17(8-13-25)18(21)6-11-23-5/h6,11,17,24H,1,3,7-10,12-13,21-22H2,2,4-5H3/b18-6?,19-15-,23-11?. The molecule has 1 saturated heterocycles. The van der Waals surface area contributed by atoms with Crippen LogP contribution in [-0.4, -0.2) is 36.8 Å². The molecular weight excluding hydrogens is 310 g/mol. The molecular formula is C20H33N5. The number of allylic oxidation sites excluding steroid dienone is 3. The number of hydrogen-bond acceptors (Lipinski definition) is 5. The van der Waals surface area contributed by atoms with E-state index in [1.54, 1.807) is 13.3 Å². The monoisotopic (exact) mass is 343 g/mol. The van der Waals surface area contributed by atoms with E-state index in [0.717, 1.165) is 48.5 Å². The fraction of sp³-hybridized carbons (Fsp3) is 0.550. The molecule has 5 heteroatoms. The maximum absolute atomic E-state index is 6.23. The molecule has 1 aliphatic heterocycles. The Morgan fingerprint density at radius 2 is 1.84 bits per heavy atom. The van der Waals surface area contributed by atoms with Crippen LogP contribution < -0.4 is 16.8 Å². The average Bonchev–Trinajstić information content (AvgIpc) is 3.34. The van der Waals surface area contributed by atoms with Gasteiger partial charge in [0.1, 0.15) is 5.82 Å². The second-order valence-corrected chi connectivity index (χ2v) is 7.48. The van der Waals surface area contributed by atoms with Crippen LogP contribution in [0.4, 0.5) is 0 Å². The van der Waals surface area contributed by atoms with E-state index in [0.29, 0.717) is 11.7 Å². The number of nitrogens with two attached hydrogens (primary N) is 2. The highest BCUT2D eigenvalue weighted by molar-refractivity contribution is 5.71. The predicted octanol–water partition coefficient (Wildman–Crippen LogP) is 2.64. The Bertz CT molecular complexity index is 614. The summed E-state index contributed by atoms with van der Waals surface area (Å²) in [4.78, 5) is 6.25. The van der Waals surface area contributed by atoms with Crippen molar-refractivity contribution in [2.45, 2.75) is 45.1 Å². The van der Waals surface area contributed by atoms with Crippen molar-refractivity contribution in [1.82, 2.24) is 10.2 Å². The van der Waals surface area contributed by atoms with Crippen LogP contribution in [-0.2, 0) is 0 Å². The lowest BCUT2D eigenvalue weighted by Crippen LogP contribution is -2.36. The van der Waals surface area contributed by atoms with Crippen molar-refractivity contribution < 1.29 is 0 Å². The number of aliphatic imine (C=N–C) groups is 1. The van der Waals surface area contributed by atoms with Crippen molar-refractivity contribution in [2.75, 3.05) is 20.1 Å². The van der Waals surface area contributed by atoms with Crippen LogP contribution in [0, 0.1) is 5.92 Å². The number of likely N-dealkylation sites (tertiary alicyclic amines) is 1. The smallest absolute Gasteiger partial charge is 0.100 e. The molecule has 5 nitrogen and oxygen atoms in total. The van der Waals surface area contributed by atoms with Crippen LogP contribution in [0.15, 0.2) is 52.6 Å². The van der Waals surface area contributed by atoms with Crippen LogP contribution in [0.25, 0.3) is 0 Å². The summed E-state index contributed by atoms with van der Waals surface area (Å²) < 4.78 is 0. The average molecular weight is 344 g/mol. The van der Waals surface area contributed by atoms with Gasteiger partial charge >= 0.3 is 0 Å². The van der Waals surface area contributed by atoms with E-state index < -0.39 is 0 Å². The number of nitrogens with one attached hydrogen (secondary N) is 1. The molecule has 25 heavy (non-hydrogen) atoms. The quantitative estimate of drug-likeness (QED) is 0.490. The number of nitrogens with zero attached hydrogens (tertiary/aromatic N) is 2. The summed E-state index contributed by atoms with van der Waals surface area (Å²) in [6, 6.07) is 0. The molecule has 0 atom stereocenters. The Hall–Kier alpha value is -2.17. The molecule has 0 spiro atoms. The van der Waals surface area contributed by atoms with Gasteiger partial charge in [-0.2, -0.15) is 0 Å². The third-order valence-corrected chi connectivity index (χ3v) is 5.41. The summed E-state index contributed by atoms with van der Waals surface area (Å²) in [5.74, 6) is 1.13. The van der Waals surface area contributed by atoms with Gasteiger partial charge < -0.3 is 21.7 Å². The third-order valence-electron chi connectivity index (χ3n) is 5.41. The molecule has 2 rings (SSSR count). The first-order valence-electron chi connectivity index (χ1n) is 9.03. The van der Waals surface area contributed by atoms with Gasteiger partial charge in [0.25, 0.3) is 0 Å². The SMILES string of the molecule is C=C(C(=C)N1CCC(C(N)=CC=NC)CC1)/C(C)=C(/N)NC1(C)CC1. The van der Waals surface area contributed by atoms with E-state index in [9.17, 15) is 0 Å². The summed E-state index contributed by atoms with van der Waals surface area (Å²) in [6.45, 7) is 14.5. The molecule has 2 aliphatic rings. The first kappa shape index (κ1) is 19.2. The molecule has 5 N–H and O–H groups in total. The third kappa shape index (κ3) is 4.91. The molecule has 138 valence electrons. The highest BCUT2D eigenvalue weighted by Crippen LogP contribution is 2.35. The summed E-state index contributed by atoms with van der Waals surface area (Å²) in [7, 11) is 1.75. The first-order chi connectivity index (χ1) is 11.8. The van der Waals surface area contributed by atoms with Gasteiger partial charge in [-0.1, -0.05) is 13.2 Å². The van der Waals surface area contributed by atoms with E-state index in [1.807, 2.05) is 13.0 Å². The predicted molar refractivity (Wildman–Crippen MR) is 107 cm³/mol. The Kier molecular flexibility index (Phi) is 5.98. The van der Waals surface area contributed by atoms with E-state index >= 15 is 0 Å². The second kappa shape index (κ2) is 7.81. The van der Waals surface area contributed by atoms with Crippen molar-refractivity contribution in [3.8, 4) is 0 Å². The van der Waals surface area contributed by atoms with Crippen LogP contribution in [0.5, 0.6) is 0 Å². The highest BCUT2D eigenvalue weighted by Gasteiger charge is 2.37. The number of piperidine rings is 1. The zero-order chi connectivity index (χ0) is 18.6. The molecule has 0 bridgehead atoms. The largest absolute Gasteiger partial charge is 0.402 e. The molecule has 0 radical (unpaired) electrons. The molecule has 0 aromatic heterocycles. The van der Waals surface area contributed by atoms with E-state index in [2.05, 4.69) is 35.3 Å². The minimum atomic E-state index is 0.164. The van der Waals surface area contributed by atoms with Gasteiger partial charge in [0.2, 0.25) is 0 Å². The molecule has 0 amide bonds. The summed E-state index contributed by atoms with van der Waals surface area (Å²) >= 11 is 0. The molecule has 1 saturated carbocycles. The number of hydrogen-bond donors (Lipinski definition) is 3. The highest BCUT2D eigenvalue weighted by atomic mass is 15.1. The lowest BCUT2D eigenvalue weighted by Gasteiger charge is -2.36. The molecule has 1 aliphatic carbocycles. The number of rotatable bonds is 7.